The van der Waals surface area contributed by atoms with Crippen molar-refractivity contribution in [3.8, 4) is 0 Å². The lowest BCUT2D eigenvalue weighted by atomic mass is 10.1. The van der Waals surface area contributed by atoms with Crippen molar-refractivity contribution in [2.24, 2.45) is 0 Å². The lowest BCUT2D eigenvalue weighted by molar-refractivity contribution is -0.914. The summed E-state index contributed by atoms with van der Waals surface area (Å²) in [4.78, 5) is 1.71. The van der Waals surface area contributed by atoms with Gasteiger partial charge in [0.25, 0.3) is 0 Å². The van der Waals surface area contributed by atoms with Crippen LogP contribution in [-0.4, -0.2) is 13.1 Å². The van der Waals surface area contributed by atoms with E-state index in [-0.39, 0.29) is 0 Å². The average Bonchev–Trinajstić information content (AvgIpc) is 2.35. The van der Waals surface area contributed by atoms with E-state index in [1.807, 2.05) is 12.1 Å². The Labute approximate surface area is 106 Å². The summed E-state index contributed by atoms with van der Waals surface area (Å²) < 4.78 is 0. The highest BCUT2D eigenvalue weighted by Crippen LogP contribution is 2.03. The molecule has 96 valence electrons. The Hall–Kier alpha value is -1.02. The van der Waals surface area contributed by atoms with E-state index in [4.69, 9.17) is 5.73 Å². The zero-order chi connectivity index (χ0) is 12.5. The van der Waals surface area contributed by atoms with Crippen molar-refractivity contribution in [3.63, 3.8) is 0 Å². The molecule has 2 heteroatoms. The molecule has 0 aliphatic carbocycles. The van der Waals surface area contributed by atoms with Gasteiger partial charge in [0.15, 0.2) is 0 Å². The van der Waals surface area contributed by atoms with E-state index in [0.29, 0.717) is 0 Å². The highest BCUT2D eigenvalue weighted by atomic mass is 15.1. The molecule has 0 spiro atoms. The van der Waals surface area contributed by atoms with Crippen molar-refractivity contribution in [2.45, 2.75) is 46.1 Å². The maximum atomic E-state index is 5.71. The zero-order valence-electron chi connectivity index (χ0n) is 11.3. The fourth-order valence-electron chi connectivity index (χ4n) is 2.08. The first-order valence-corrected chi connectivity index (χ1v) is 6.94. The molecule has 0 fully saturated rings. The van der Waals surface area contributed by atoms with Crippen LogP contribution in [-0.2, 0) is 6.54 Å². The maximum Gasteiger partial charge on any atom is 0.103 e. The van der Waals surface area contributed by atoms with Gasteiger partial charge < -0.3 is 10.6 Å². The summed E-state index contributed by atoms with van der Waals surface area (Å²) in [6, 6.07) is 8.33. The van der Waals surface area contributed by atoms with Crippen LogP contribution in [0.1, 0.15) is 45.1 Å². The van der Waals surface area contributed by atoms with E-state index >= 15 is 0 Å². The van der Waals surface area contributed by atoms with Gasteiger partial charge in [0.05, 0.1) is 13.1 Å². The van der Waals surface area contributed by atoms with Crippen LogP contribution in [0.25, 0.3) is 0 Å². The highest BCUT2D eigenvalue weighted by Gasteiger charge is 2.08. The molecule has 0 saturated heterocycles. The third kappa shape index (κ3) is 5.73. The molecular formula is C15H27N2+. The van der Waals surface area contributed by atoms with Gasteiger partial charge in [0, 0.05) is 11.3 Å². The van der Waals surface area contributed by atoms with Gasteiger partial charge in [-0.25, -0.2) is 0 Å². The number of nitrogens with one attached hydrogen (secondary N) is 1. The standard InChI is InChI=1S/C15H26N2/c1-3-5-11-17(12-6-4-2)13-14-7-9-15(16)10-8-14/h7-10H,3-6,11-13,16H2,1-2H3/p+1. The van der Waals surface area contributed by atoms with Gasteiger partial charge in [0.2, 0.25) is 0 Å². The number of nitrogen functional groups attached to an aromatic ring is 1. The molecule has 2 nitrogen and oxygen atoms in total. The molecule has 0 unspecified atom stereocenters. The number of quaternary nitrogens is 1. The van der Waals surface area contributed by atoms with Crippen molar-refractivity contribution >= 4 is 5.69 Å². The minimum absolute atomic E-state index is 0.859. The molecule has 17 heavy (non-hydrogen) atoms. The zero-order valence-corrected chi connectivity index (χ0v) is 11.3. The van der Waals surface area contributed by atoms with Gasteiger partial charge >= 0.3 is 0 Å². The normalized spacial score (nSPS) is 11.0. The molecule has 0 heterocycles. The number of hydrogen-bond acceptors (Lipinski definition) is 1. The van der Waals surface area contributed by atoms with Gasteiger partial charge in [-0.15, -0.1) is 0 Å². The molecule has 0 atom stereocenters. The fraction of sp³-hybridized carbons (Fsp3) is 0.600. The van der Waals surface area contributed by atoms with E-state index in [0.717, 1.165) is 12.2 Å². The number of benzene rings is 1. The molecular weight excluding hydrogens is 208 g/mol. The fourth-order valence-corrected chi connectivity index (χ4v) is 2.08. The van der Waals surface area contributed by atoms with Crippen LogP contribution >= 0.6 is 0 Å². The molecule has 0 radical (unpaired) electrons. The summed E-state index contributed by atoms with van der Waals surface area (Å²) in [5.74, 6) is 0. The lowest BCUT2D eigenvalue weighted by Gasteiger charge is -2.19. The van der Waals surface area contributed by atoms with Crippen molar-refractivity contribution in [1.29, 1.82) is 0 Å². The Morgan fingerprint density at radius 2 is 1.47 bits per heavy atom. The molecule has 0 aliphatic heterocycles. The Morgan fingerprint density at radius 1 is 0.941 bits per heavy atom. The number of unbranched alkanes of at least 4 members (excludes halogenated alkanes) is 2. The Morgan fingerprint density at radius 3 is 1.94 bits per heavy atom. The summed E-state index contributed by atoms with van der Waals surface area (Å²) >= 11 is 0. The highest BCUT2D eigenvalue weighted by molar-refractivity contribution is 5.38. The molecule has 1 aromatic carbocycles. The second-order valence-electron chi connectivity index (χ2n) is 4.88. The van der Waals surface area contributed by atoms with Crippen LogP contribution in [0.4, 0.5) is 5.69 Å². The van der Waals surface area contributed by atoms with E-state index in [9.17, 15) is 0 Å². The predicted molar refractivity (Wildman–Crippen MR) is 75.1 cm³/mol. The Bertz CT molecular complexity index is 284. The van der Waals surface area contributed by atoms with Crippen molar-refractivity contribution in [2.75, 3.05) is 18.8 Å². The Kier molecular flexibility index (Phi) is 6.71. The largest absolute Gasteiger partial charge is 0.399 e. The minimum Gasteiger partial charge on any atom is -0.399 e. The van der Waals surface area contributed by atoms with Crippen LogP contribution < -0.4 is 10.6 Å². The van der Waals surface area contributed by atoms with E-state index in [1.54, 1.807) is 4.90 Å². The molecule has 0 aromatic heterocycles. The van der Waals surface area contributed by atoms with Gasteiger partial charge in [-0.05, 0) is 25.0 Å². The van der Waals surface area contributed by atoms with Crippen molar-refractivity contribution in [1.82, 2.24) is 0 Å². The van der Waals surface area contributed by atoms with E-state index < -0.39 is 0 Å². The van der Waals surface area contributed by atoms with Crippen LogP contribution in [0.3, 0.4) is 0 Å². The molecule has 1 aromatic rings. The first kappa shape index (κ1) is 14.0. The summed E-state index contributed by atoms with van der Waals surface area (Å²) in [6.45, 7) is 8.25. The molecule has 0 saturated carbocycles. The number of anilines is 1. The molecule has 0 bridgehead atoms. The van der Waals surface area contributed by atoms with Crippen molar-refractivity contribution in [3.05, 3.63) is 29.8 Å². The third-order valence-corrected chi connectivity index (χ3v) is 3.20. The summed E-state index contributed by atoms with van der Waals surface area (Å²) in [5.41, 5.74) is 7.97. The maximum absolute atomic E-state index is 5.71. The SMILES string of the molecule is CCCC[NH+](CCCC)Cc1ccc(N)cc1. The second kappa shape index (κ2) is 8.13. The van der Waals surface area contributed by atoms with E-state index in [2.05, 4.69) is 26.0 Å². The van der Waals surface area contributed by atoms with Crippen LogP contribution in [0.15, 0.2) is 24.3 Å². The summed E-state index contributed by atoms with van der Waals surface area (Å²) in [7, 11) is 0. The topological polar surface area (TPSA) is 30.5 Å². The molecule has 3 N–H and O–H groups in total. The predicted octanol–water partition coefficient (Wildman–Crippen LogP) is 2.25. The van der Waals surface area contributed by atoms with Crippen molar-refractivity contribution < 1.29 is 4.90 Å². The molecule has 0 aliphatic rings. The van der Waals surface area contributed by atoms with Gasteiger partial charge in [-0.1, -0.05) is 38.8 Å². The third-order valence-electron chi connectivity index (χ3n) is 3.20. The smallest absolute Gasteiger partial charge is 0.103 e. The van der Waals surface area contributed by atoms with Gasteiger partial charge in [0.1, 0.15) is 6.54 Å². The van der Waals surface area contributed by atoms with Crippen LogP contribution in [0.5, 0.6) is 0 Å². The quantitative estimate of drug-likeness (QED) is 0.665. The summed E-state index contributed by atoms with van der Waals surface area (Å²) in [5, 5.41) is 0. The van der Waals surface area contributed by atoms with E-state index in [1.165, 1.54) is 44.3 Å². The molecule has 0 amide bonds. The van der Waals surface area contributed by atoms with Gasteiger partial charge in [-0.2, -0.15) is 0 Å². The number of hydrogen-bond donors (Lipinski definition) is 2. The Balaban J connectivity index is 2.48. The number of nitrogens with two attached hydrogens (primary N) is 1. The monoisotopic (exact) mass is 235 g/mol. The summed E-state index contributed by atoms with van der Waals surface area (Å²) in [6.07, 6.45) is 5.23. The first-order chi connectivity index (χ1) is 8.26. The number of rotatable bonds is 8. The average molecular weight is 235 g/mol. The molecule has 1 rings (SSSR count). The second-order valence-corrected chi connectivity index (χ2v) is 4.88. The first-order valence-electron chi connectivity index (χ1n) is 6.94. The lowest BCUT2D eigenvalue weighted by Crippen LogP contribution is -3.10. The van der Waals surface area contributed by atoms with Gasteiger partial charge in [-0.3, -0.25) is 0 Å². The van der Waals surface area contributed by atoms with Crippen LogP contribution in [0, 0.1) is 0 Å². The van der Waals surface area contributed by atoms with Crippen LogP contribution in [0.2, 0.25) is 0 Å². The minimum atomic E-state index is 0.859.